The van der Waals surface area contributed by atoms with Crippen molar-refractivity contribution >= 4 is 11.6 Å². The minimum Gasteiger partial charge on any atom is -0.481 e. The van der Waals surface area contributed by atoms with Gasteiger partial charge in [-0.3, -0.25) is 4.79 Å². The molecule has 30 heavy (non-hydrogen) atoms. The first kappa shape index (κ1) is 19.8. The monoisotopic (exact) mass is 395 g/mol. The number of carbonyl (C=O) groups excluding carboxylic acids is 1. The maximum Gasteiger partial charge on any atom is 0.244 e. The zero-order chi connectivity index (χ0) is 21.4. The third kappa shape index (κ3) is 3.06. The average Bonchev–Trinajstić information content (AvgIpc) is 3.04. The highest BCUT2D eigenvalue weighted by Crippen LogP contribution is 2.50. The summed E-state index contributed by atoms with van der Waals surface area (Å²) in [5.41, 5.74) is 3.43. The molecule has 4 rings (SSSR count). The minimum atomic E-state index is -1.02. The molecule has 3 aromatic rings. The normalized spacial score (nSPS) is 17.7. The van der Waals surface area contributed by atoms with Crippen LogP contribution < -0.4 is 10.1 Å². The van der Waals surface area contributed by atoms with Gasteiger partial charge in [0.2, 0.25) is 5.91 Å². The topological polar surface area (TPSA) is 38.3 Å². The van der Waals surface area contributed by atoms with Gasteiger partial charge in [0.15, 0.2) is 0 Å². The van der Waals surface area contributed by atoms with E-state index in [9.17, 15) is 4.79 Å². The Kier molecular flexibility index (Phi) is 4.87. The fourth-order valence-electron chi connectivity index (χ4n) is 4.19. The van der Waals surface area contributed by atoms with E-state index in [0.29, 0.717) is 5.75 Å². The molecule has 1 N–H and O–H groups in total. The Labute approximate surface area is 178 Å². The summed E-state index contributed by atoms with van der Waals surface area (Å²) >= 11 is 0. The van der Waals surface area contributed by atoms with E-state index < -0.39 is 5.41 Å². The SMILES string of the molecule is C#CCOc1ccc(C(C)(C)C)cc1C1(c2ccccc2)C(=O)Nc2ccccc21. The Morgan fingerprint density at radius 3 is 2.37 bits per heavy atom. The molecule has 0 spiro atoms. The maximum atomic E-state index is 13.7. The number of hydrogen-bond donors (Lipinski definition) is 1. The van der Waals surface area contributed by atoms with E-state index in [2.05, 4.69) is 38.1 Å². The van der Waals surface area contributed by atoms with E-state index in [4.69, 9.17) is 11.2 Å². The maximum absolute atomic E-state index is 13.7. The van der Waals surface area contributed by atoms with Crippen LogP contribution in [0.2, 0.25) is 0 Å². The van der Waals surface area contributed by atoms with Gasteiger partial charge in [-0.2, -0.15) is 0 Å². The molecule has 1 amide bonds. The number of rotatable bonds is 4. The lowest BCUT2D eigenvalue weighted by atomic mass is 9.68. The predicted molar refractivity (Wildman–Crippen MR) is 121 cm³/mol. The highest BCUT2D eigenvalue weighted by molar-refractivity contribution is 6.11. The quantitative estimate of drug-likeness (QED) is 0.610. The summed E-state index contributed by atoms with van der Waals surface area (Å²) in [7, 11) is 0. The van der Waals surface area contributed by atoms with Gasteiger partial charge in [0.05, 0.1) is 0 Å². The van der Waals surface area contributed by atoms with Crippen molar-refractivity contribution in [3.8, 4) is 18.1 Å². The first-order valence-corrected chi connectivity index (χ1v) is 10.1. The fourth-order valence-corrected chi connectivity index (χ4v) is 4.19. The molecule has 150 valence electrons. The van der Waals surface area contributed by atoms with Crippen LogP contribution in [0.5, 0.6) is 5.75 Å². The van der Waals surface area contributed by atoms with Crippen LogP contribution in [0.4, 0.5) is 5.69 Å². The summed E-state index contributed by atoms with van der Waals surface area (Å²) in [5.74, 6) is 3.07. The zero-order valence-corrected chi connectivity index (χ0v) is 17.5. The predicted octanol–water partition coefficient (Wildman–Crippen LogP) is 5.28. The molecule has 3 nitrogen and oxygen atoms in total. The van der Waals surface area contributed by atoms with Crippen molar-refractivity contribution < 1.29 is 9.53 Å². The van der Waals surface area contributed by atoms with Crippen molar-refractivity contribution in [2.24, 2.45) is 0 Å². The number of amides is 1. The molecule has 3 heteroatoms. The highest BCUT2D eigenvalue weighted by Gasteiger charge is 2.51. The van der Waals surface area contributed by atoms with Crippen LogP contribution in [0.25, 0.3) is 0 Å². The molecule has 0 saturated heterocycles. The Morgan fingerprint density at radius 1 is 0.967 bits per heavy atom. The lowest BCUT2D eigenvalue weighted by Gasteiger charge is -2.32. The number of hydrogen-bond acceptors (Lipinski definition) is 2. The molecule has 0 bridgehead atoms. The summed E-state index contributed by atoms with van der Waals surface area (Å²) in [6.45, 7) is 6.61. The number of terminal acetylenes is 1. The van der Waals surface area contributed by atoms with Crippen molar-refractivity contribution in [1.29, 1.82) is 0 Å². The lowest BCUT2D eigenvalue weighted by Crippen LogP contribution is -2.37. The van der Waals surface area contributed by atoms with E-state index in [1.54, 1.807) is 0 Å². The third-order valence-corrected chi connectivity index (χ3v) is 5.69. The number of ether oxygens (including phenoxy) is 1. The largest absolute Gasteiger partial charge is 0.481 e. The van der Waals surface area contributed by atoms with Gasteiger partial charge < -0.3 is 10.1 Å². The molecule has 0 aromatic heterocycles. The number of benzene rings is 3. The molecular weight excluding hydrogens is 370 g/mol. The molecule has 1 aliphatic rings. The van der Waals surface area contributed by atoms with Crippen LogP contribution in [0.3, 0.4) is 0 Å². The van der Waals surface area contributed by atoms with E-state index >= 15 is 0 Å². The first-order chi connectivity index (χ1) is 14.4. The summed E-state index contributed by atoms with van der Waals surface area (Å²) in [6.07, 6.45) is 5.47. The van der Waals surface area contributed by atoms with Crippen LogP contribution >= 0.6 is 0 Å². The zero-order valence-electron chi connectivity index (χ0n) is 17.5. The second-order valence-electron chi connectivity index (χ2n) is 8.57. The number of nitrogens with one attached hydrogen (secondary N) is 1. The van der Waals surface area contributed by atoms with Gasteiger partial charge in [-0.15, -0.1) is 6.42 Å². The van der Waals surface area contributed by atoms with Gasteiger partial charge in [0.1, 0.15) is 17.8 Å². The Bertz CT molecular complexity index is 1140. The van der Waals surface area contributed by atoms with E-state index in [-0.39, 0.29) is 17.9 Å². The molecule has 1 unspecified atom stereocenters. The van der Waals surface area contributed by atoms with Crippen molar-refractivity contribution in [2.45, 2.75) is 31.6 Å². The molecule has 0 saturated carbocycles. The second-order valence-corrected chi connectivity index (χ2v) is 8.57. The Hall–Kier alpha value is -3.51. The number of para-hydroxylation sites is 1. The molecule has 1 heterocycles. The molecule has 0 radical (unpaired) electrons. The number of fused-ring (bicyclic) bond motifs is 1. The van der Waals surface area contributed by atoms with E-state index in [1.165, 1.54) is 0 Å². The fraction of sp³-hybridized carbons (Fsp3) is 0.222. The molecule has 0 fully saturated rings. The van der Waals surface area contributed by atoms with Crippen molar-refractivity contribution in [3.63, 3.8) is 0 Å². The summed E-state index contributed by atoms with van der Waals surface area (Å²) in [4.78, 5) is 13.7. The van der Waals surface area contributed by atoms with Gasteiger partial charge in [-0.05, 0) is 34.7 Å². The molecule has 1 aliphatic heterocycles. The van der Waals surface area contributed by atoms with Gasteiger partial charge >= 0.3 is 0 Å². The summed E-state index contributed by atoms with van der Waals surface area (Å²) in [5, 5.41) is 3.09. The molecule has 0 aliphatic carbocycles. The standard InChI is InChI=1S/C27H25NO2/c1-5-17-30-24-16-15-20(26(2,3)4)18-22(24)27(19-11-7-6-8-12-19)21-13-9-10-14-23(21)28-25(27)29/h1,6-16,18H,17H2,2-4H3,(H,28,29). The van der Waals surface area contributed by atoms with Gasteiger partial charge in [0.25, 0.3) is 0 Å². The Morgan fingerprint density at radius 2 is 1.67 bits per heavy atom. The average molecular weight is 396 g/mol. The van der Waals surface area contributed by atoms with E-state index in [1.807, 2.05) is 66.7 Å². The molecule has 1 atom stereocenters. The van der Waals surface area contributed by atoms with Crippen molar-refractivity contribution in [3.05, 3.63) is 95.1 Å². The van der Waals surface area contributed by atoms with Crippen LogP contribution in [0, 0.1) is 12.3 Å². The van der Waals surface area contributed by atoms with Crippen LogP contribution in [0.15, 0.2) is 72.8 Å². The molecular formula is C27H25NO2. The molecule has 3 aromatic carbocycles. The smallest absolute Gasteiger partial charge is 0.244 e. The van der Waals surface area contributed by atoms with Crippen LogP contribution in [-0.2, 0) is 15.6 Å². The minimum absolute atomic E-state index is 0.0912. The second kappa shape index (κ2) is 7.39. The summed E-state index contributed by atoms with van der Waals surface area (Å²) < 4.78 is 5.96. The van der Waals surface area contributed by atoms with Gasteiger partial charge in [0, 0.05) is 16.8 Å². The van der Waals surface area contributed by atoms with Crippen molar-refractivity contribution in [1.82, 2.24) is 0 Å². The van der Waals surface area contributed by atoms with Gasteiger partial charge in [-0.1, -0.05) is 81.3 Å². The van der Waals surface area contributed by atoms with Crippen LogP contribution in [0.1, 0.15) is 43.0 Å². The van der Waals surface area contributed by atoms with Crippen molar-refractivity contribution in [2.75, 3.05) is 11.9 Å². The number of carbonyl (C=O) groups is 1. The summed E-state index contributed by atoms with van der Waals surface area (Å²) in [6, 6.07) is 23.8. The highest BCUT2D eigenvalue weighted by atomic mass is 16.5. The lowest BCUT2D eigenvalue weighted by molar-refractivity contribution is -0.118. The number of anilines is 1. The van der Waals surface area contributed by atoms with E-state index in [0.717, 1.165) is 27.9 Å². The van der Waals surface area contributed by atoms with Crippen LogP contribution in [-0.4, -0.2) is 12.5 Å². The van der Waals surface area contributed by atoms with Gasteiger partial charge in [-0.25, -0.2) is 0 Å². The first-order valence-electron chi connectivity index (χ1n) is 10.1. The third-order valence-electron chi connectivity index (χ3n) is 5.69. The Balaban J connectivity index is 2.09.